The molecule has 0 bridgehead atoms. The fraction of sp³-hybridized carbons (Fsp3) is 0.833. The number of carboxylic acids is 1. The first kappa shape index (κ1) is 12.2. The first-order valence-corrected chi connectivity index (χ1v) is 6.33. The average Bonchev–Trinajstić information content (AvgIpc) is 2.81. The summed E-state index contributed by atoms with van der Waals surface area (Å²) in [6, 6.07) is 0.387. The van der Waals surface area contributed by atoms with Crippen molar-refractivity contribution in [1.82, 2.24) is 10.2 Å². The molecule has 0 radical (unpaired) electrons. The van der Waals surface area contributed by atoms with E-state index in [0.29, 0.717) is 30.8 Å². The first-order chi connectivity index (χ1) is 8.06. The van der Waals surface area contributed by atoms with Crippen LogP contribution >= 0.6 is 0 Å². The number of nitrogens with zero attached hydrogens (tertiary/aromatic N) is 1. The Morgan fingerprint density at radius 1 is 1.47 bits per heavy atom. The predicted molar refractivity (Wildman–Crippen MR) is 62.7 cm³/mol. The Balaban J connectivity index is 1.69. The normalized spacial score (nSPS) is 31.4. The first-order valence-electron chi connectivity index (χ1n) is 6.33. The van der Waals surface area contributed by atoms with Crippen molar-refractivity contribution in [2.45, 2.75) is 38.6 Å². The molecule has 5 heteroatoms. The van der Waals surface area contributed by atoms with Crippen LogP contribution in [0.1, 0.15) is 32.6 Å². The van der Waals surface area contributed by atoms with Crippen molar-refractivity contribution < 1.29 is 14.7 Å². The molecule has 1 saturated carbocycles. The molecule has 0 aromatic carbocycles. The van der Waals surface area contributed by atoms with Crippen LogP contribution in [0.4, 0.5) is 4.79 Å². The average molecular weight is 240 g/mol. The van der Waals surface area contributed by atoms with Crippen LogP contribution in [-0.4, -0.2) is 41.1 Å². The lowest BCUT2D eigenvalue weighted by molar-refractivity contribution is -0.137. The van der Waals surface area contributed by atoms with Crippen LogP contribution in [0.15, 0.2) is 0 Å². The summed E-state index contributed by atoms with van der Waals surface area (Å²) in [5.41, 5.74) is 0. The topological polar surface area (TPSA) is 69.6 Å². The summed E-state index contributed by atoms with van der Waals surface area (Å²) in [4.78, 5) is 24.1. The third kappa shape index (κ3) is 3.35. The minimum Gasteiger partial charge on any atom is -0.481 e. The van der Waals surface area contributed by atoms with E-state index in [1.54, 1.807) is 0 Å². The van der Waals surface area contributed by atoms with E-state index in [-0.39, 0.29) is 12.5 Å². The smallest absolute Gasteiger partial charge is 0.317 e. The van der Waals surface area contributed by atoms with Crippen LogP contribution < -0.4 is 5.32 Å². The number of carbonyl (C=O) groups excluding carboxylic acids is 1. The molecule has 2 amide bonds. The molecule has 1 aliphatic carbocycles. The summed E-state index contributed by atoms with van der Waals surface area (Å²) in [5.74, 6) is 0.220. The number of nitrogens with one attached hydrogen (secondary N) is 1. The Labute approximate surface area is 101 Å². The number of urea groups is 1. The largest absolute Gasteiger partial charge is 0.481 e. The van der Waals surface area contributed by atoms with Gasteiger partial charge in [0.15, 0.2) is 0 Å². The zero-order chi connectivity index (χ0) is 12.4. The fourth-order valence-corrected chi connectivity index (χ4v) is 2.35. The van der Waals surface area contributed by atoms with E-state index < -0.39 is 5.97 Å². The molecule has 2 N–H and O–H groups in total. The van der Waals surface area contributed by atoms with Gasteiger partial charge in [0.05, 0.1) is 0 Å². The summed E-state index contributed by atoms with van der Waals surface area (Å²) in [6.45, 7) is 3.60. The molecule has 2 rings (SSSR count). The van der Waals surface area contributed by atoms with Gasteiger partial charge in [-0.1, -0.05) is 6.92 Å². The number of carbonyl (C=O) groups is 2. The molecular formula is C12H20N2O3. The van der Waals surface area contributed by atoms with Gasteiger partial charge in [-0.25, -0.2) is 4.79 Å². The Morgan fingerprint density at radius 2 is 2.18 bits per heavy atom. The standard InChI is InChI=1S/C12H20N2O3/c1-8-6-10(8)13-12(17)14-5-4-9(7-14)2-3-11(15)16/h8-10H,2-7H2,1H3,(H,13,17)(H,15,16). The Kier molecular flexibility index (Phi) is 3.54. The minimum atomic E-state index is -0.750. The molecule has 2 fully saturated rings. The Bertz CT molecular complexity index is 319. The van der Waals surface area contributed by atoms with Crippen LogP contribution in [0.2, 0.25) is 0 Å². The van der Waals surface area contributed by atoms with Gasteiger partial charge in [-0.15, -0.1) is 0 Å². The number of aliphatic carboxylic acids is 1. The highest BCUT2D eigenvalue weighted by molar-refractivity contribution is 5.75. The highest BCUT2D eigenvalue weighted by atomic mass is 16.4. The molecule has 96 valence electrons. The van der Waals surface area contributed by atoms with E-state index in [4.69, 9.17) is 5.11 Å². The van der Waals surface area contributed by atoms with E-state index in [1.165, 1.54) is 0 Å². The van der Waals surface area contributed by atoms with Crippen molar-refractivity contribution in [3.8, 4) is 0 Å². The maximum absolute atomic E-state index is 11.8. The minimum absolute atomic E-state index is 0.0252. The lowest BCUT2D eigenvalue weighted by Crippen LogP contribution is -2.40. The van der Waals surface area contributed by atoms with Crippen LogP contribution in [0, 0.1) is 11.8 Å². The van der Waals surface area contributed by atoms with E-state index >= 15 is 0 Å². The second-order valence-electron chi connectivity index (χ2n) is 5.30. The number of amides is 2. The molecule has 3 unspecified atom stereocenters. The summed E-state index contributed by atoms with van der Waals surface area (Å²) >= 11 is 0. The second-order valence-corrected chi connectivity index (χ2v) is 5.30. The van der Waals surface area contributed by atoms with Gasteiger partial charge in [0, 0.05) is 25.6 Å². The fourth-order valence-electron chi connectivity index (χ4n) is 2.35. The number of rotatable bonds is 4. The van der Waals surface area contributed by atoms with E-state index in [1.807, 2.05) is 4.90 Å². The molecule has 5 nitrogen and oxygen atoms in total. The van der Waals surface area contributed by atoms with Crippen molar-refractivity contribution in [1.29, 1.82) is 0 Å². The molecule has 1 aliphatic heterocycles. The van der Waals surface area contributed by atoms with E-state index in [9.17, 15) is 9.59 Å². The predicted octanol–water partition coefficient (Wildman–Crippen LogP) is 1.29. The number of carboxylic acid groups (broad SMARTS) is 1. The zero-order valence-corrected chi connectivity index (χ0v) is 10.2. The van der Waals surface area contributed by atoms with Gasteiger partial charge in [-0.05, 0) is 31.1 Å². The third-order valence-corrected chi connectivity index (χ3v) is 3.76. The molecule has 1 heterocycles. The zero-order valence-electron chi connectivity index (χ0n) is 10.2. The molecule has 17 heavy (non-hydrogen) atoms. The van der Waals surface area contributed by atoms with Gasteiger partial charge < -0.3 is 15.3 Å². The van der Waals surface area contributed by atoms with Crippen LogP contribution in [-0.2, 0) is 4.79 Å². The lowest BCUT2D eigenvalue weighted by atomic mass is 10.0. The van der Waals surface area contributed by atoms with Gasteiger partial charge >= 0.3 is 12.0 Å². The molecule has 0 aromatic rings. The van der Waals surface area contributed by atoms with Gasteiger partial charge in [-0.2, -0.15) is 0 Å². The van der Waals surface area contributed by atoms with Crippen molar-refractivity contribution in [2.75, 3.05) is 13.1 Å². The summed E-state index contributed by atoms with van der Waals surface area (Å²) in [5, 5.41) is 11.6. The summed E-state index contributed by atoms with van der Waals surface area (Å²) in [7, 11) is 0. The van der Waals surface area contributed by atoms with E-state index in [2.05, 4.69) is 12.2 Å². The molecule has 0 aromatic heterocycles. The second kappa shape index (κ2) is 4.94. The molecule has 3 atom stereocenters. The van der Waals surface area contributed by atoms with Crippen LogP contribution in [0.5, 0.6) is 0 Å². The number of hydrogen-bond donors (Lipinski definition) is 2. The van der Waals surface area contributed by atoms with Crippen LogP contribution in [0.25, 0.3) is 0 Å². The SMILES string of the molecule is CC1CC1NC(=O)N1CCC(CCC(=O)O)C1. The van der Waals surface area contributed by atoms with E-state index in [0.717, 1.165) is 19.4 Å². The van der Waals surface area contributed by atoms with Crippen molar-refractivity contribution in [2.24, 2.45) is 11.8 Å². The van der Waals surface area contributed by atoms with Gasteiger partial charge in [-0.3, -0.25) is 4.79 Å². The Morgan fingerprint density at radius 3 is 2.76 bits per heavy atom. The summed E-state index contributed by atoms with van der Waals surface area (Å²) < 4.78 is 0. The summed E-state index contributed by atoms with van der Waals surface area (Å²) in [6.07, 6.45) is 2.90. The van der Waals surface area contributed by atoms with Crippen molar-refractivity contribution in [3.05, 3.63) is 0 Å². The Hall–Kier alpha value is -1.26. The molecule has 0 spiro atoms. The van der Waals surface area contributed by atoms with Crippen molar-refractivity contribution in [3.63, 3.8) is 0 Å². The molecule has 1 saturated heterocycles. The number of hydrogen-bond acceptors (Lipinski definition) is 2. The quantitative estimate of drug-likeness (QED) is 0.778. The third-order valence-electron chi connectivity index (χ3n) is 3.76. The van der Waals surface area contributed by atoms with Crippen molar-refractivity contribution >= 4 is 12.0 Å². The van der Waals surface area contributed by atoms with Gasteiger partial charge in [0.2, 0.25) is 0 Å². The molecule has 2 aliphatic rings. The van der Waals surface area contributed by atoms with Gasteiger partial charge in [0.1, 0.15) is 0 Å². The van der Waals surface area contributed by atoms with Crippen LogP contribution in [0.3, 0.4) is 0 Å². The van der Waals surface area contributed by atoms with Gasteiger partial charge in [0.25, 0.3) is 0 Å². The molecular weight excluding hydrogens is 220 g/mol. The highest BCUT2D eigenvalue weighted by Crippen LogP contribution is 2.29. The number of likely N-dealkylation sites (tertiary alicyclic amines) is 1. The highest BCUT2D eigenvalue weighted by Gasteiger charge is 2.36. The maximum Gasteiger partial charge on any atom is 0.317 e. The maximum atomic E-state index is 11.8. The monoisotopic (exact) mass is 240 g/mol. The lowest BCUT2D eigenvalue weighted by Gasteiger charge is -2.17.